The van der Waals surface area contributed by atoms with Crippen molar-refractivity contribution in [2.45, 2.75) is 13.0 Å². The molecule has 0 N–H and O–H groups in total. The Morgan fingerprint density at radius 1 is 0.893 bits per heavy atom. The molecule has 6 nitrogen and oxygen atoms in total. The zero-order chi connectivity index (χ0) is 18.9. The Balaban J connectivity index is 1.49. The molecule has 0 unspecified atom stereocenters. The van der Waals surface area contributed by atoms with Gasteiger partial charge in [-0.2, -0.15) is 0 Å². The fraction of sp³-hybridized carbons (Fsp3) is 0.0909. The van der Waals surface area contributed by atoms with Crippen molar-refractivity contribution < 1.29 is 0 Å². The lowest BCUT2D eigenvalue weighted by Gasteiger charge is -2.03. The van der Waals surface area contributed by atoms with E-state index in [1.54, 1.807) is 16.8 Å². The second kappa shape index (κ2) is 6.74. The van der Waals surface area contributed by atoms with Gasteiger partial charge in [0.15, 0.2) is 5.65 Å². The van der Waals surface area contributed by atoms with Crippen LogP contribution >= 0.6 is 0 Å². The van der Waals surface area contributed by atoms with Crippen LogP contribution in [0.5, 0.6) is 0 Å². The monoisotopic (exact) mass is 367 g/mol. The molecule has 0 fully saturated rings. The van der Waals surface area contributed by atoms with Crippen molar-refractivity contribution in [1.82, 2.24) is 24.1 Å². The van der Waals surface area contributed by atoms with Gasteiger partial charge in [0.05, 0.1) is 17.8 Å². The first kappa shape index (κ1) is 16.4. The number of para-hydroxylation sites is 1. The van der Waals surface area contributed by atoms with Crippen LogP contribution in [-0.4, -0.2) is 24.1 Å². The summed E-state index contributed by atoms with van der Waals surface area (Å²) < 4.78 is 3.14. The number of rotatable bonds is 4. The van der Waals surface area contributed by atoms with E-state index in [1.165, 1.54) is 4.68 Å². The van der Waals surface area contributed by atoms with Gasteiger partial charge in [-0.25, -0.2) is 13.9 Å². The average molecular weight is 367 g/mol. The summed E-state index contributed by atoms with van der Waals surface area (Å²) in [5.74, 6) is 0. The first-order valence-electron chi connectivity index (χ1n) is 9.13. The minimum atomic E-state index is -0.157. The van der Waals surface area contributed by atoms with Gasteiger partial charge in [0.25, 0.3) is 0 Å². The van der Waals surface area contributed by atoms with Crippen molar-refractivity contribution in [3.63, 3.8) is 0 Å². The highest BCUT2D eigenvalue weighted by Crippen LogP contribution is 2.18. The first-order valence-corrected chi connectivity index (χ1v) is 9.13. The second-order valence-electron chi connectivity index (χ2n) is 6.60. The van der Waals surface area contributed by atoms with E-state index in [1.807, 2.05) is 60.7 Å². The summed E-state index contributed by atoms with van der Waals surface area (Å²) >= 11 is 0. The maximum absolute atomic E-state index is 13.0. The summed E-state index contributed by atoms with van der Waals surface area (Å²) in [6.45, 7) is 0.471. The van der Waals surface area contributed by atoms with Crippen LogP contribution in [0.4, 0.5) is 0 Å². The number of aromatic nitrogens is 5. The normalized spacial score (nSPS) is 11.3. The molecule has 1 aromatic carbocycles. The van der Waals surface area contributed by atoms with Crippen LogP contribution in [0.15, 0.2) is 83.9 Å². The third kappa shape index (κ3) is 2.85. The molecule has 0 aliphatic carbocycles. The van der Waals surface area contributed by atoms with Crippen molar-refractivity contribution in [1.29, 1.82) is 0 Å². The number of fused-ring (bicyclic) bond motifs is 2. The van der Waals surface area contributed by atoms with Gasteiger partial charge in [-0.15, -0.1) is 5.10 Å². The standard InChI is InChI=1S/C22H17N5O/c28-22-26(14-12-18-11-10-16-5-1-2-7-19(16)24-18)25-21-9-3-8-20(27(21)22)17-6-4-13-23-15-17/h1-11,13,15H,12,14H2. The Bertz CT molecular complexity index is 1340. The third-order valence-corrected chi connectivity index (χ3v) is 4.80. The van der Waals surface area contributed by atoms with Crippen LogP contribution in [0.1, 0.15) is 5.69 Å². The van der Waals surface area contributed by atoms with Crippen LogP contribution in [0, 0.1) is 0 Å². The molecule has 0 saturated heterocycles. The van der Waals surface area contributed by atoms with Gasteiger partial charge in [0.2, 0.25) is 0 Å². The van der Waals surface area contributed by atoms with Crippen molar-refractivity contribution in [2.75, 3.05) is 0 Å². The molecule has 5 rings (SSSR count). The maximum atomic E-state index is 13.0. The molecular weight excluding hydrogens is 350 g/mol. The molecular formula is C22H17N5O. The Kier molecular flexibility index (Phi) is 3.94. The predicted molar refractivity (Wildman–Crippen MR) is 108 cm³/mol. The maximum Gasteiger partial charge on any atom is 0.350 e. The number of hydrogen-bond acceptors (Lipinski definition) is 4. The summed E-state index contributed by atoms with van der Waals surface area (Å²) in [5.41, 5.74) is 4.03. The Hall–Kier alpha value is -3.80. The largest absolute Gasteiger partial charge is 0.350 e. The van der Waals surface area contributed by atoms with Gasteiger partial charge >= 0.3 is 5.69 Å². The molecule has 5 aromatic rings. The highest BCUT2D eigenvalue weighted by Gasteiger charge is 2.12. The predicted octanol–water partition coefficient (Wildman–Crippen LogP) is 3.35. The van der Waals surface area contributed by atoms with Gasteiger partial charge in [-0.05, 0) is 36.4 Å². The zero-order valence-electron chi connectivity index (χ0n) is 15.1. The van der Waals surface area contributed by atoms with E-state index in [-0.39, 0.29) is 5.69 Å². The lowest BCUT2D eigenvalue weighted by molar-refractivity contribution is 0.588. The van der Waals surface area contributed by atoms with Crippen molar-refractivity contribution in [3.8, 4) is 11.3 Å². The zero-order valence-corrected chi connectivity index (χ0v) is 15.1. The van der Waals surface area contributed by atoms with E-state index in [0.717, 1.165) is 27.9 Å². The minimum absolute atomic E-state index is 0.157. The van der Waals surface area contributed by atoms with Crippen molar-refractivity contribution >= 4 is 16.6 Å². The number of hydrogen-bond donors (Lipinski definition) is 0. The highest BCUT2D eigenvalue weighted by molar-refractivity contribution is 5.78. The summed E-state index contributed by atoms with van der Waals surface area (Å²) in [6, 6.07) is 21.5. The Labute approximate surface area is 160 Å². The molecule has 0 atom stereocenters. The van der Waals surface area contributed by atoms with E-state index in [2.05, 4.69) is 21.1 Å². The molecule has 0 aliphatic heterocycles. The molecule has 0 aliphatic rings. The van der Waals surface area contributed by atoms with Gasteiger partial charge in [0, 0.05) is 35.5 Å². The highest BCUT2D eigenvalue weighted by atomic mass is 16.2. The number of nitrogens with zero attached hydrogens (tertiary/aromatic N) is 5. The van der Waals surface area contributed by atoms with Crippen LogP contribution in [0.2, 0.25) is 0 Å². The van der Waals surface area contributed by atoms with Gasteiger partial charge in [-0.3, -0.25) is 9.97 Å². The molecule has 0 saturated carbocycles. The first-order chi connectivity index (χ1) is 13.8. The molecule has 0 radical (unpaired) electrons. The van der Waals surface area contributed by atoms with E-state index in [0.29, 0.717) is 18.6 Å². The summed E-state index contributed by atoms with van der Waals surface area (Å²) in [5, 5.41) is 5.60. The van der Waals surface area contributed by atoms with E-state index < -0.39 is 0 Å². The quantitative estimate of drug-likeness (QED) is 0.489. The lowest BCUT2D eigenvalue weighted by atomic mass is 10.2. The fourth-order valence-electron chi connectivity index (χ4n) is 3.41. The smallest absolute Gasteiger partial charge is 0.264 e. The number of pyridine rings is 3. The topological polar surface area (TPSA) is 65.1 Å². The molecule has 0 spiro atoms. The second-order valence-corrected chi connectivity index (χ2v) is 6.60. The summed E-state index contributed by atoms with van der Waals surface area (Å²) in [4.78, 5) is 21.8. The Morgan fingerprint density at radius 2 is 1.82 bits per heavy atom. The Morgan fingerprint density at radius 3 is 2.71 bits per heavy atom. The van der Waals surface area contributed by atoms with Crippen molar-refractivity contribution in [3.05, 3.63) is 95.3 Å². The van der Waals surface area contributed by atoms with Crippen molar-refractivity contribution in [2.24, 2.45) is 0 Å². The fourth-order valence-corrected chi connectivity index (χ4v) is 3.41. The summed E-state index contributed by atoms with van der Waals surface area (Å²) in [7, 11) is 0. The van der Waals surface area contributed by atoms with E-state index in [9.17, 15) is 4.79 Å². The third-order valence-electron chi connectivity index (χ3n) is 4.80. The molecule has 0 amide bonds. The van der Waals surface area contributed by atoms with Crippen LogP contribution in [0.25, 0.3) is 27.8 Å². The van der Waals surface area contributed by atoms with Gasteiger partial charge in [-0.1, -0.05) is 30.3 Å². The summed E-state index contributed by atoms with van der Waals surface area (Å²) in [6.07, 6.45) is 4.10. The lowest BCUT2D eigenvalue weighted by Crippen LogP contribution is -2.23. The number of aryl methyl sites for hydroxylation is 2. The molecule has 0 bridgehead atoms. The van der Waals surface area contributed by atoms with Gasteiger partial charge in [0.1, 0.15) is 0 Å². The van der Waals surface area contributed by atoms with Gasteiger partial charge < -0.3 is 0 Å². The molecule has 4 heterocycles. The molecule has 28 heavy (non-hydrogen) atoms. The van der Waals surface area contributed by atoms with E-state index >= 15 is 0 Å². The molecule has 6 heteroatoms. The van der Waals surface area contributed by atoms with Crippen LogP contribution in [0.3, 0.4) is 0 Å². The molecule has 136 valence electrons. The van der Waals surface area contributed by atoms with Crippen LogP contribution < -0.4 is 5.69 Å². The molecule has 4 aromatic heterocycles. The number of benzene rings is 1. The van der Waals surface area contributed by atoms with Crippen LogP contribution in [-0.2, 0) is 13.0 Å². The van der Waals surface area contributed by atoms with E-state index in [4.69, 9.17) is 0 Å². The average Bonchev–Trinajstić information content (AvgIpc) is 3.08. The SMILES string of the molecule is O=c1n(CCc2ccc3ccccc3n2)nc2cccc(-c3cccnc3)n12. The minimum Gasteiger partial charge on any atom is -0.264 e.